The minimum absolute atomic E-state index is 0.206. The lowest BCUT2D eigenvalue weighted by atomic mass is 10.0. The molecule has 122 valence electrons. The van der Waals surface area contributed by atoms with Crippen LogP contribution < -0.4 is 4.90 Å². The van der Waals surface area contributed by atoms with Crippen molar-refractivity contribution >= 4 is 11.9 Å². The molecule has 2 heterocycles. The van der Waals surface area contributed by atoms with Gasteiger partial charge in [0, 0.05) is 32.4 Å². The van der Waals surface area contributed by atoms with E-state index in [1.54, 1.807) is 4.90 Å². The average molecular weight is 305 g/mol. The van der Waals surface area contributed by atoms with Crippen molar-refractivity contribution in [2.75, 3.05) is 25.0 Å². The molecule has 1 aliphatic rings. The van der Waals surface area contributed by atoms with Crippen molar-refractivity contribution in [1.29, 1.82) is 0 Å². The SMILES string of the molecule is Cc1ccnc(N(C)C2CCN(C(=O)OC(C)(C)C)CC2)c1. The van der Waals surface area contributed by atoms with Crippen molar-refractivity contribution < 1.29 is 9.53 Å². The Kier molecular flexibility index (Phi) is 4.94. The standard InChI is InChI=1S/C17H27N3O2/c1-13-6-9-18-15(12-13)19(5)14-7-10-20(11-8-14)16(21)22-17(2,3)4/h6,9,12,14H,7-8,10-11H2,1-5H3. The largest absolute Gasteiger partial charge is 0.444 e. The van der Waals surface area contributed by atoms with Crippen LogP contribution in [0.25, 0.3) is 0 Å². The highest BCUT2D eigenvalue weighted by Crippen LogP contribution is 2.22. The number of amides is 1. The average Bonchev–Trinajstić information content (AvgIpc) is 2.45. The number of carbonyl (C=O) groups is 1. The summed E-state index contributed by atoms with van der Waals surface area (Å²) in [4.78, 5) is 20.5. The first kappa shape index (κ1) is 16.6. The number of rotatable bonds is 2. The quantitative estimate of drug-likeness (QED) is 0.841. The van der Waals surface area contributed by atoms with Gasteiger partial charge in [-0.3, -0.25) is 0 Å². The summed E-state index contributed by atoms with van der Waals surface area (Å²) in [5, 5.41) is 0. The third kappa shape index (κ3) is 4.36. The van der Waals surface area contributed by atoms with Crippen LogP contribution >= 0.6 is 0 Å². The minimum Gasteiger partial charge on any atom is -0.444 e. The molecule has 0 unspecified atom stereocenters. The maximum absolute atomic E-state index is 12.1. The van der Waals surface area contributed by atoms with Crippen LogP contribution in [0.15, 0.2) is 18.3 Å². The van der Waals surface area contributed by atoms with Gasteiger partial charge in [-0.1, -0.05) is 0 Å². The molecule has 1 saturated heterocycles. The molecule has 22 heavy (non-hydrogen) atoms. The van der Waals surface area contributed by atoms with Crippen molar-refractivity contribution in [1.82, 2.24) is 9.88 Å². The molecule has 0 radical (unpaired) electrons. The lowest BCUT2D eigenvalue weighted by Crippen LogP contribution is -2.47. The minimum atomic E-state index is -0.434. The topological polar surface area (TPSA) is 45.7 Å². The van der Waals surface area contributed by atoms with Gasteiger partial charge < -0.3 is 14.5 Å². The summed E-state index contributed by atoms with van der Waals surface area (Å²) in [6.07, 6.45) is 3.51. The van der Waals surface area contributed by atoms with Gasteiger partial charge in [-0.2, -0.15) is 0 Å². The van der Waals surface area contributed by atoms with E-state index in [-0.39, 0.29) is 6.09 Å². The number of hydrogen-bond acceptors (Lipinski definition) is 4. The van der Waals surface area contributed by atoms with E-state index < -0.39 is 5.60 Å². The Balaban J connectivity index is 1.90. The molecule has 1 aromatic rings. The second kappa shape index (κ2) is 6.55. The number of aryl methyl sites for hydroxylation is 1. The number of aromatic nitrogens is 1. The molecule has 0 spiro atoms. The van der Waals surface area contributed by atoms with Crippen LogP contribution in [0.5, 0.6) is 0 Å². The number of anilines is 1. The summed E-state index contributed by atoms with van der Waals surface area (Å²) in [5.41, 5.74) is 0.777. The monoisotopic (exact) mass is 305 g/mol. The number of likely N-dealkylation sites (tertiary alicyclic amines) is 1. The van der Waals surface area contributed by atoms with Gasteiger partial charge in [-0.25, -0.2) is 9.78 Å². The van der Waals surface area contributed by atoms with Crippen molar-refractivity contribution in [2.45, 2.75) is 52.2 Å². The Morgan fingerprint density at radius 2 is 2.00 bits per heavy atom. The van der Waals surface area contributed by atoms with E-state index >= 15 is 0 Å². The van der Waals surface area contributed by atoms with Gasteiger partial charge in [-0.05, 0) is 58.2 Å². The number of carbonyl (C=O) groups excluding carboxylic acids is 1. The van der Waals surface area contributed by atoms with Crippen molar-refractivity contribution in [2.24, 2.45) is 0 Å². The summed E-state index contributed by atoms with van der Waals surface area (Å²) in [6.45, 7) is 9.23. The molecule has 1 amide bonds. The van der Waals surface area contributed by atoms with Gasteiger partial charge in [0.05, 0.1) is 0 Å². The molecular formula is C17H27N3O2. The lowest BCUT2D eigenvalue weighted by molar-refractivity contribution is 0.0205. The van der Waals surface area contributed by atoms with Gasteiger partial charge in [0.25, 0.3) is 0 Å². The summed E-state index contributed by atoms with van der Waals surface area (Å²) in [6, 6.07) is 4.51. The Morgan fingerprint density at radius 1 is 1.36 bits per heavy atom. The van der Waals surface area contributed by atoms with Gasteiger partial charge in [0.15, 0.2) is 0 Å². The third-order valence-corrected chi connectivity index (χ3v) is 3.93. The molecule has 0 N–H and O–H groups in total. The van der Waals surface area contributed by atoms with Crippen LogP contribution in [-0.4, -0.2) is 47.8 Å². The fourth-order valence-electron chi connectivity index (χ4n) is 2.66. The highest BCUT2D eigenvalue weighted by atomic mass is 16.6. The second-order valence-corrected chi connectivity index (χ2v) is 7.00. The first-order valence-electron chi connectivity index (χ1n) is 7.90. The smallest absolute Gasteiger partial charge is 0.410 e. The van der Waals surface area contributed by atoms with Gasteiger partial charge >= 0.3 is 6.09 Å². The second-order valence-electron chi connectivity index (χ2n) is 7.00. The van der Waals surface area contributed by atoms with Gasteiger partial charge in [-0.15, -0.1) is 0 Å². The summed E-state index contributed by atoms with van der Waals surface area (Å²) >= 11 is 0. The fraction of sp³-hybridized carbons (Fsp3) is 0.647. The Labute approximate surface area is 133 Å². The van der Waals surface area contributed by atoms with E-state index in [2.05, 4.69) is 29.9 Å². The normalized spacial score (nSPS) is 16.5. The number of nitrogens with zero attached hydrogens (tertiary/aromatic N) is 3. The van der Waals surface area contributed by atoms with Crippen LogP contribution in [0.2, 0.25) is 0 Å². The van der Waals surface area contributed by atoms with Crippen LogP contribution in [-0.2, 0) is 4.74 Å². The van der Waals surface area contributed by atoms with Crippen molar-refractivity contribution in [3.8, 4) is 0 Å². The lowest BCUT2D eigenvalue weighted by Gasteiger charge is -2.37. The van der Waals surface area contributed by atoms with Crippen LogP contribution in [0.3, 0.4) is 0 Å². The van der Waals surface area contributed by atoms with Crippen LogP contribution in [0, 0.1) is 6.92 Å². The van der Waals surface area contributed by atoms with Gasteiger partial charge in [0.1, 0.15) is 11.4 Å². The number of piperidine rings is 1. The number of ether oxygens (including phenoxy) is 1. The van der Waals surface area contributed by atoms with Gasteiger partial charge in [0.2, 0.25) is 0 Å². The maximum atomic E-state index is 12.1. The van der Waals surface area contributed by atoms with Crippen LogP contribution in [0.4, 0.5) is 10.6 Å². The molecule has 5 heteroatoms. The third-order valence-electron chi connectivity index (χ3n) is 3.93. The number of pyridine rings is 1. The first-order valence-corrected chi connectivity index (χ1v) is 7.90. The zero-order valence-electron chi connectivity index (χ0n) is 14.3. The molecule has 1 fully saturated rings. The molecule has 1 aliphatic heterocycles. The maximum Gasteiger partial charge on any atom is 0.410 e. The van der Waals surface area contributed by atoms with Crippen molar-refractivity contribution in [3.05, 3.63) is 23.9 Å². The van der Waals surface area contributed by atoms with E-state index in [0.29, 0.717) is 6.04 Å². The zero-order chi connectivity index (χ0) is 16.3. The molecule has 0 atom stereocenters. The van der Waals surface area contributed by atoms with E-state index in [4.69, 9.17) is 4.74 Å². The summed E-state index contributed by atoms with van der Waals surface area (Å²) < 4.78 is 5.43. The van der Waals surface area contributed by atoms with E-state index in [1.165, 1.54) is 5.56 Å². The molecule has 5 nitrogen and oxygen atoms in total. The summed E-state index contributed by atoms with van der Waals surface area (Å²) in [7, 11) is 2.08. The highest BCUT2D eigenvalue weighted by molar-refractivity contribution is 5.68. The molecule has 0 aliphatic carbocycles. The fourth-order valence-corrected chi connectivity index (χ4v) is 2.66. The van der Waals surface area contributed by atoms with E-state index in [1.807, 2.05) is 33.0 Å². The van der Waals surface area contributed by atoms with E-state index in [0.717, 1.165) is 31.7 Å². The van der Waals surface area contributed by atoms with Crippen molar-refractivity contribution in [3.63, 3.8) is 0 Å². The molecule has 0 saturated carbocycles. The predicted octanol–water partition coefficient (Wildman–Crippen LogP) is 3.23. The number of hydrogen-bond donors (Lipinski definition) is 0. The first-order chi connectivity index (χ1) is 10.3. The zero-order valence-corrected chi connectivity index (χ0v) is 14.3. The Morgan fingerprint density at radius 3 is 2.55 bits per heavy atom. The highest BCUT2D eigenvalue weighted by Gasteiger charge is 2.28. The Hall–Kier alpha value is -1.78. The molecule has 1 aromatic heterocycles. The van der Waals surface area contributed by atoms with Crippen LogP contribution in [0.1, 0.15) is 39.2 Å². The Bertz CT molecular complexity index is 517. The molecule has 0 bridgehead atoms. The van der Waals surface area contributed by atoms with E-state index in [9.17, 15) is 4.79 Å². The molecular weight excluding hydrogens is 278 g/mol. The molecule has 2 rings (SSSR count). The predicted molar refractivity (Wildman–Crippen MR) is 88.2 cm³/mol. The summed E-state index contributed by atoms with van der Waals surface area (Å²) in [5.74, 6) is 0.996. The molecule has 0 aromatic carbocycles.